The van der Waals surface area contributed by atoms with Crippen LogP contribution in [0.15, 0.2) is 158 Å². The summed E-state index contributed by atoms with van der Waals surface area (Å²) in [5.74, 6) is 0. The summed E-state index contributed by atoms with van der Waals surface area (Å²) in [4.78, 5) is 8.07. The maximum absolute atomic E-state index is 2.76. The largest absolute Gasteiger partial charge is 0.334 e. The van der Waals surface area contributed by atoms with E-state index in [-0.39, 0.29) is 23.1 Å². The topological polar surface area (TPSA) is 9.72 Å². The highest BCUT2D eigenvalue weighted by Crippen LogP contribution is 2.61. The van der Waals surface area contributed by atoms with Crippen molar-refractivity contribution < 1.29 is 0 Å². The van der Waals surface area contributed by atoms with Crippen LogP contribution in [0.2, 0.25) is 0 Å². The lowest BCUT2D eigenvalue weighted by Crippen LogP contribution is -2.61. The monoisotopic (exact) mass is 901 g/mol. The number of hydrogen-bond acceptors (Lipinski definition) is 5. The van der Waals surface area contributed by atoms with Crippen molar-refractivity contribution >= 4 is 132 Å². The predicted octanol–water partition coefficient (Wildman–Crippen LogP) is 15.9. The fraction of sp³-hybridized carbons (Fsp3) is 0.213. The van der Waals surface area contributed by atoms with Gasteiger partial charge in [0.05, 0.1) is 26.3 Å². The third kappa shape index (κ3) is 5.34. The lowest BCUT2D eigenvalue weighted by atomic mass is 9.33. The summed E-state index contributed by atoms with van der Waals surface area (Å²) >= 11 is 3.84. The van der Waals surface area contributed by atoms with E-state index in [1.165, 1.54) is 145 Å². The van der Waals surface area contributed by atoms with Gasteiger partial charge in [0.1, 0.15) is 0 Å². The summed E-state index contributed by atoms with van der Waals surface area (Å²) in [5.41, 5.74) is 18.4. The minimum Gasteiger partial charge on any atom is -0.334 e. The first kappa shape index (κ1) is 39.8. The van der Waals surface area contributed by atoms with Crippen LogP contribution >= 0.6 is 22.7 Å². The highest BCUT2D eigenvalue weighted by atomic mass is 32.1. The van der Waals surface area contributed by atoms with Crippen molar-refractivity contribution in [1.82, 2.24) is 0 Å². The van der Waals surface area contributed by atoms with Gasteiger partial charge >= 0.3 is 0 Å². The molecule has 2 atom stereocenters. The number of fused-ring (bicyclic) bond motifs is 13. The zero-order valence-corrected chi connectivity index (χ0v) is 40.7. The minimum atomic E-state index is -0.0526. The Morgan fingerprint density at radius 3 is 1.76 bits per heavy atom. The molecule has 3 aliphatic heterocycles. The van der Waals surface area contributed by atoms with Crippen molar-refractivity contribution in [2.75, 3.05) is 14.7 Å². The highest BCUT2D eigenvalue weighted by molar-refractivity contribution is 7.27. The molecular formula is C61H52BN3S2. The van der Waals surface area contributed by atoms with E-state index in [4.69, 9.17) is 0 Å². The average molecular weight is 902 g/mol. The van der Waals surface area contributed by atoms with Crippen LogP contribution in [0.25, 0.3) is 40.3 Å². The van der Waals surface area contributed by atoms with Crippen molar-refractivity contribution in [3.05, 3.63) is 174 Å². The van der Waals surface area contributed by atoms with E-state index in [1.54, 1.807) is 0 Å². The van der Waals surface area contributed by atoms with E-state index in [0.29, 0.717) is 0 Å². The third-order valence-electron chi connectivity index (χ3n) is 16.6. The second-order valence-electron chi connectivity index (χ2n) is 21.3. The first-order chi connectivity index (χ1) is 32.5. The summed E-state index contributed by atoms with van der Waals surface area (Å²) in [6.07, 6.45) is 4.89. The van der Waals surface area contributed by atoms with Crippen molar-refractivity contribution in [3.63, 3.8) is 0 Å². The quantitative estimate of drug-likeness (QED) is 0.164. The molecule has 3 nitrogen and oxygen atoms in total. The first-order valence-corrected chi connectivity index (χ1v) is 25.9. The fourth-order valence-corrected chi connectivity index (χ4v) is 15.6. The summed E-state index contributed by atoms with van der Waals surface area (Å²) in [6, 6.07) is 61.1. The van der Waals surface area contributed by atoms with Crippen LogP contribution in [-0.4, -0.2) is 12.3 Å². The Kier molecular flexibility index (Phi) is 8.24. The van der Waals surface area contributed by atoms with Gasteiger partial charge in [0.2, 0.25) is 0 Å². The molecule has 0 radical (unpaired) electrons. The molecule has 1 fully saturated rings. The summed E-state index contributed by atoms with van der Waals surface area (Å²) in [5, 5.41) is 5.28. The van der Waals surface area contributed by atoms with Crippen LogP contribution in [0.4, 0.5) is 45.5 Å². The Morgan fingerprint density at radius 1 is 0.507 bits per heavy atom. The molecule has 0 bridgehead atoms. The van der Waals surface area contributed by atoms with E-state index >= 15 is 0 Å². The van der Waals surface area contributed by atoms with Gasteiger partial charge in [0.15, 0.2) is 0 Å². The lowest BCUT2D eigenvalue weighted by Gasteiger charge is -2.50. The Bertz CT molecular complexity index is 3740. The highest BCUT2D eigenvalue weighted by Gasteiger charge is 2.58. The standard InChI is InChI=1S/C61H52BN3S2/c1-37-33-52-56-53(34-37)64(50-24-16-20-43-41-18-8-12-26-55(41)67-58(43)50)51-36-39(65-47-22-10-9-21-44(47)60(5)31-13-14-32-61(60,65)6)28-29-45(51)62(56)46-35-38(59(2,3)4)27-30-48(46)63(52)49-23-15-19-42-40-17-7-11-25-54(40)66-57(42)49/h7-12,15-30,33-36H,13-14,31-32H2,1-6H3. The number of rotatable bonds is 3. The molecule has 14 rings (SSSR count). The average Bonchev–Trinajstić information content (AvgIpc) is 3.97. The van der Waals surface area contributed by atoms with Crippen LogP contribution in [0.5, 0.6) is 0 Å². The number of anilines is 8. The van der Waals surface area contributed by atoms with Crippen LogP contribution < -0.4 is 31.1 Å². The molecule has 5 heterocycles. The van der Waals surface area contributed by atoms with Gasteiger partial charge in [-0.2, -0.15) is 0 Å². The lowest BCUT2D eigenvalue weighted by molar-refractivity contribution is 0.195. The molecule has 0 saturated heterocycles. The molecular weight excluding hydrogens is 850 g/mol. The van der Waals surface area contributed by atoms with Crippen LogP contribution in [0.1, 0.15) is 77.0 Å². The smallest absolute Gasteiger partial charge is 0.252 e. The maximum atomic E-state index is 2.76. The SMILES string of the molecule is Cc1cc2c3c(c1)N(c1cccc4c1sc1ccccc14)c1cc(N4c5ccccc5C5(C)CCCCC45C)ccc1B3c1cc(C(C)(C)C)ccc1N2c1cccc2c1sc1ccccc12. The van der Waals surface area contributed by atoms with Gasteiger partial charge in [-0.05, 0) is 126 Å². The molecule has 2 unspecified atom stereocenters. The molecule has 6 heteroatoms. The van der Waals surface area contributed by atoms with Gasteiger partial charge in [0, 0.05) is 70.5 Å². The van der Waals surface area contributed by atoms with E-state index in [0.717, 1.165) is 0 Å². The molecule has 1 aliphatic carbocycles. The zero-order valence-electron chi connectivity index (χ0n) is 39.1. The van der Waals surface area contributed by atoms with Gasteiger partial charge in [-0.25, -0.2) is 0 Å². The third-order valence-corrected chi connectivity index (χ3v) is 19.0. The number of thiophene rings is 2. The molecule has 4 aliphatic rings. The van der Waals surface area contributed by atoms with E-state index in [2.05, 4.69) is 214 Å². The molecule has 326 valence electrons. The van der Waals surface area contributed by atoms with E-state index < -0.39 is 0 Å². The first-order valence-electron chi connectivity index (χ1n) is 24.3. The van der Waals surface area contributed by atoms with E-state index in [1.807, 2.05) is 22.7 Å². The summed E-state index contributed by atoms with van der Waals surface area (Å²) in [6.45, 7) is 14.5. The molecule has 67 heavy (non-hydrogen) atoms. The predicted molar refractivity (Wildman–Crippen MR) is 292 cm³/mol. The molecule has 8 aromatic carbocycles. The zero-order chi connectivity index (χ0) is 45.1. The van der Waals surface area contributed by atoms with Crippen molar-refractivity contribution in [2.24, 2.45) is 0 Å². The van der Waals surface area contributed by atoms with Crippen LogP contribution in [-0.2, 0) is 10.8 Å². The van der Waals surface area contributed by atoms with Gasteiger partial charge in [-0.1, -0.05) is 138 Å². The van der Waals surface area contributed by atoms with Crippen molar-refractivity contribution in [3.8, 4) is 0 Å². The molecule has 10 aromatic rings. The molecule has 0 spiro atoms. The molecule has 0 N–H and O–H groups in total. The summed E-state index contributed by atoms with van der Waals surface area (Å²) in [7, 11) is 0. The molecule has 1 saturated carbocycles. The van der Waals surface area contributed by atoms with Gasteiger partial charge < -0.3 is 14.7 Å². The van der Waals surface area contributed by atoms with Crippen LogP contribution in [0, 0.1) is 6.92 Å². The number of nitrogens with zero attached hydrogens (tertiary/aromatic N) is 3. The number of benzene rings is 8. The number of para-hydroxylation sites is 1. The Labute approximate surface area is 402 Å². The minimum absolute atomic E-state index is 0.0177. The Morgan fingerprint density at radius 2 is 1.09 bits per heavy atom. The van der Waals surface area contributed by atoms with Crippen molar-refractivity contribution in [2.45, 2.75) is 83.6 Å². The van der Waals surface area contributed by atoms with Gasteiger partial charge in [-0.3, -0.25) is 0 Å². The normalized spacial score (nSPS) is 19.6. The van der Waals surface area contributed by atoms with Gasteiger partial charge in [-0.15, -0.1) is 22.7 Å². The summed E-state index contributed by atoms with van der Waals surface area (Å²) < 4.78 is 5.30. The number of aryl methyl sites for hydroxylation is 1. The Hall–Kier alpha value is -6.34. The second kappa shape index (κ2) is 13.9. The fourth-order valence-electron chi connectivity index (χ4n) is 13.2. The van der Waals surface area contributed by atoms with Gasteiger partial charge in [0.25, 0.3) is 6.71 Å². The Balaban J connectivity index is 1.09. The van der Waals surface area contributed by atoms with Crippen molar-refractivity contribution in [1.29, 1.82) is 0 Å². The second-order valence-corrected chi connectivity index (χ2v) is 23.4. The molecule has 0 amide bonds. The number of hydrogen-bond donors (Lipinski definition) is 0. The molecule has 2 aromatic heterocycles. The van der Waals surface area contributed by atoms with E-state index in [9.17, 15) is 0 Å². The maximum Gasteiger partial charge on any atom is 0.252 e. The van der Waals surface area contributed by atoms with Crippen LogP contribution in [0.3, 0.4) is 0 Å².